The number of anilines is 1. The van der Waals surface area contributed by atoms with Crippen molar-refractivity contribution in [1.82, 2.24) is 4.98 Å². The molecule has 0 fully saturated rings. The molecule has 0 aliphatic rings. The number of aromatic carboxylic acids is 1. The molecule has 0 bridgehead atoms. The topological polar surface area (TPSA) is 88.5 Å². The second kappa shape index (κ2) is 4.93. The first kappa shape index (κ1) is 12.8. The molecule has 98 valence electrons. The van der Waals surface area contributed by atoms with Gasteiger partial charge in [0, 0.05) is 24.1 Å². The van der Waals surface area contributed by atoms with E-state index in [1.165, 1.54) is 20.1 Å². The first-order valence-corrected chi connectivity index (χ1v) is 5.51. The van der Waals surface area contributed by atoms with Crippen LogP contribution in [0.15, 0.2) is 24.3 Å². The first-order chi connectivity index (χ1) is 9.01. The van der Waals surface area contributed by atoms with Gasteiger partial charge < -0.3 is 15.2 Å². The number of benzene rings is 1. The summed E-state index contributed by atoms with van der Waals surface area (Å²) in [6, 6.07) is 6.30. The van der Waals surface area contributed by atoms with Crippen molar-refractivity contribution in [2.24, 2.45) is 0 Å². The quantitative estimate of drug-likeness (QED) is 0.879. The zero-order chi connectivity index (χ0) is 14.0. The summed E-state index contributed by atoms with van der Waals surface area (Å²) in [6.45, 7) is 1.39. The van der Waals surface area contributed by atoms with Gasteiger partial charge in [-0.15, -0.1) is 0 Å². The lowest BCUT2D eigenvalue weighted by atomic mass is 10.1. The predicted molar refractivity (Wildman–Crippen MR) is 69.6 cm³/mol. The van der Waals surface area contributed by atoms with Gasteiger partial charge in [-0.3, -0.25) is 4.79 Å². The van der Waals surface area contributed by atoms with Gasteiger partial charge in [0.1, 0.15) is 11.4 Å². The van der Waals surface area contributed by atoms with Gasteiger partial charge in [-0.1, -0.05) is 0 Å². The first-order valence-electron chi connectivity index (χ1n) is 5.51. The molecule has 6 heteroatoms. The summed E-state index contributed by atoms with van der Waals surface area (Å²) >= 11 is 0. The van der Waals surface area contributed by atoms with Crippen LogP contribution in [0.1, 0.15) is 17.4 Å². The van der Waals surface area contributed by atoms with E-state index in [9.17, 15) is 9.59 Å². The van der Waals surface area contributed by atoms with E-state index in [4.69, 9.17) is 9.84 Å². The number of carbonyl (C=O) groups is 2. The molecule has 0 saturated carbocycles. The highest BCUT2D eigenvalue weighted by molar-refractivity contribution is 5.96. The van der Waals surface area contributed by atoms with Gasteiger partial charge >= 0.3 is 5.97 Å². The Bertz CT molecular complexity index is 667. The number of ether oxygens (including phenoxy) is 1. The van der Waals surface area contributed by atoms with Crippen molar-refractivity contribution in [2.45, 2.75) is 6.92 Å². The molecule has 2 N–H and O–H groups in total. The van der Waals surface area contributed by atoms with Crippen molar-refractivity contribution in [2.75, 3.05) is 12.4 Å². The predicted octanol–water partition coefficient (Wildman–Crippen LogP) is 1.90. The number of fused-ring (bicyclic) bond motifs is 1. The van der Waals surface area contributed by atoms with Crippen LogP contribution in [0.5, 0.6) is 5.75 Å². The molecule has 1 aromatic carbocycles. The second-order valence-electron chi connectivity index (χ2n) is 3.93. The lowest BCUT2D eigenvalue weighted by molar-refractivity contribution is -0.114. The summed E-state index contributed by atoms with van der Waals surface area (Å²) in [5, 5.41) is 12.2. The van der Waals surface area contributed by atoms with E-state index in [0.29, 0.717) is 22.3 Å². The Kier molecular flexibility index (Phi) is 3.33. The highest BCUT2D eigenvalue weighted by Crippen LogP contribution is 2.29. The molecule has 0 aliphatic carbocycles. The Balaban J connectivity index is 2.63. The molecular weight excluding hydrogens is 248 g/mol. The average Bonchev–Trinajstić information content (AvgIpc) is 2.36. The van der Waals surface area contributed by atoms with Crippen LogP contribution in [0.4, 0.5) is 5.69 Å². The molecule has 0 saturated heterocycles. The van der Waals surface area contributed by atoms with E-state index in [1.807, 2.05) is 0 Å². The standard InChI is InChI=1S/C13H12N2O4/c1-7(16)14-8-5-11-9(12(6-8)19-2)3-4-10(15-11)13(17)18/h3-6H,1-2H3,(H,14,16)(H,17,18). The third-order valence-electron chi connectivity index (χ3n) is 2.53. The fourth-order valence-corrected chi connectivity index (χ4v) is 1.76. The Hall–Kier alpha value is -2.63. The number of pyridine rings is 1. The van der Waals surface area contributed by atoms with Crippen molar-refractivity contribution >= 4 is 28.5 Å². The Morgan fingerprint density at radius 2 is 2.05 bits per heavy atom. The van der Waals surface area contributed by atoms with Crippen molar-refractivity contribution < 1.29 is 19.4 Å². The maximum atomic E-state index is 11.1. The molecule has 1 amide bonds. The molecule has 0 atom stereocenters. The van der Waals surface area contributed by atoms with Gasteiger partial charge in [-0.05, 0) is 18.2 Å². The second-order valence-corrected chi connectivity index (χ2v) is 3.93. The monoisotopic (exact) mass is 260 g/mol. The highest BCUT2D eigenvalue weighted by atomic mass is 16.5. The molecule has 2 rings (SSSR count). The minimum Gasteiger partial charge on any atom is -0.496 e. The summed E-state index contributed by atoms with van der Waals surface area (Å²) in [5.41, 5.74) is 0.893. The molecule has 1 heterocycles. The molecule has 0 radical (unpaired) electrons. The molecule has 1 aromatic heterocycles. The van der Waals surface area contributed by atoms with Gasteiger partial charge in [0.15, 0.2) is 0 Å². The minimum atomic E-state index is -1.11. The summed E-state index contributed by atoms with van der Waals surface area (Å²) in [6.07, 6.45) is 0. The Morgan fingerprint density at radius 1 is 1.32 bits per heavy atom. The molecule has 0 unspecified atom stereocenters. The van der Waals surface area contributed by atoms with E-state index in [2.05, 4.69) is 10.3 Å². The number of nitrogens with one attached hydrogen (secondary N) is 1. The maximum Gasteiger partial charge on any atom is 0.354 e. The largest absolute Gasteiger partial charge is 0.496 e. The van der Waals surface area contributed by atoms with Crippen LogP contribution in [0, 0.1) is 0 Å². The van der Waals surface area contributed by atoms with E-state index in [0.717, 1.165) is 0 Å². The Labute approximate surface area is 109 Å². The van der Waals surface area contributed by atoms with E-state index < -0.39 is 5.97 Å². The SMILES string of the molecule is COc1cc(NC(C)=O)cc2nc(C(=O)O)ccc12. The van der Waals surface area contributed by atoms with Crippen LogP contribution >= 0.6 is 0 Å². The van der Waals surface area contributed by atoms with Gasteiger partial charge in [0.2, 0.25) is 5.91 Å². The lowest BCUT2D eigenvalue weighted by Crippen LogP contribution is -2.06. The maximum absolute atomic E-state index is 11.1. The number of amides is 1. The number of carbonyl (C=O) groups excluding carboxylic acids is 1. The van der Waals surface area contributed by atoms with Crippen LogP contribution < -0.4 is 10.1 Å². The third-order valence-corrected chi connectivity index (χ3v) is 2.53. The van der Waals surface area contributed by atoms with Crippen molar-refractivity contribution in [3.8, 4) is 5.75 Å². The zero-order valence-corrected chi connectivity index (χ0v) is 10.4. The van der Waals surface area contributed by atoms with Crippen LogP contribution in [0.25, 0.3) is 10.9 Å². The lowest BCUT2D eigenvalue weighted by Gasteiger charge is -2.09. The number of hydrogen-bond donors (Lipinski definition) is 2. The number of nitrogens with zero attached hydrogens (tertiary/aromatic N) is 1. The third kappa shape index (κ3) is 2.62. The number of methoxy groups -OCH3 is 1. The number of rotatable bonds is 3. The number of carboxylic acids is 1. The van der Waals surface area contributed by atoms with Crippen molar-refractivity contribution in [1.29, 1.82) is 0 Å². The van der Waals surface area contributed by atoms with Crippen molar-refractivity contribution in [3.63, 3.8) is 0 Å². The number of carboxylic acid groups (broad SMARTS) is 1. The van der Waals surface area contributed by atoms with Gasteiger partial charge in [0.25, 0.3) is 0 Å². The zero-order valence-electron chi connectivity index (χ0n) is 10.4. The van der Waals surface area contributed by atoms with E-state index >= 15 is 0 Å². The fourth-order valence-electron chi connectivity index (χ4n) is 1.76. The molecule has 19 heavy (non-hydrogen) atoms. The fraction of sp³-hybridized carbons (Fsp3) is 0.154. The Morgan fingerprint density at radius 3 is 2.63 bits per heavy atom. The molecular formula is C13H12N2O4. The van der Waals surface area contributed by atoms with Gasteiger partial charge in [-0.25, -0.2) is 9.78 Å². The van der Waals surface area contributed by atoms with Crippen LogP contribution in [-0.4, -0.2) is 29.1 Å². The van der Waals surface area contributed by atoms with Gasteiger partial charge in [-0.2, -0.15) is 0 Å². The summed E-state index contributed by atoms with van der Waals surface area (Å²) < 4.78 is 5.21. The molecule has 6 nitrogen and oxygen atoms in total. The molecule has 0 aliphatic heterocycles. The van der Waals surface area contributed by atoms with Gasteiger partial charge in [0.05, 0.1) is 12.6 Å². The van der Waals surface area contributed by atoms with Crippen molar-refractivity contribution in [3.05, 3.63) is 30.0 Å². The van der Waals surface area contributed by atoms with Crippen LogP contribution in [-0.2, 0) is 4.79 Å². The van der Waals surface area contributed by atoms with E-state index in [-0.39, 0.29) is 11.6 Å². The average molecular weight is 260 g/mol. The highest BCUT2D eigenvalue weighted by Gasteiger charge is 2.10. The minimum absolute atomic E-state index is 0.0606. The number of aromatic nitrogens is 1. The molecule has 2 aromatic rings. The summed E-state index contributed by atoms with van der Waals surface area (Å²) in [5.74, 6) is -0.813. The van der Waals surface area contributed by atoms with E-state index in [1.54, 1.807) is 18.2 Å². The number of hydrogen-bond acceptors (Lipinski definition) is 4. The smallest absolute Gasteiger partial charge is 0.354 e. The molecule has 0 spiro atoms. The van der Waals surface area contributed by atoms with Crippen LogP contribution in [0.2, 0.25) is 0 Å². The van der Waals surface area contributed by atoms with Crippen LogP contribution in [0.3, 0.4) is 0 Å². The summed E-state index contributed by atoms with van der Waals surface area (Å²) in [7, 11) is 1.50. The summed E-state index contributed by atoms with van der Waals surface area (Å²) in [4.78, 5) is 26.0. The normalized spacial score (nSPS) is 10.2.